The van der Waals surface area contributed by atoms with Gasteiger partial charge in [0.05, 0.1) is 0 Å². The SMILES string of the molecule is CN(CCCNCCC1CCCCN1C)C1CCCCC1. The molecule has 124 valence electrons. The van der Waals surface area contributed by atoms with Gasteiger partial charge in [0.25, 0.3) is 0 Å². The Labute approximate surface area is 132 Å². The number of piperidine rings is 1. The van der Waals surface area contributed by atoms with Crippen molar-refractivity contribution >= 4 is 0 Å². The third kappa shape index (κ3) is 6.25. The Hall–Kier alpha value is -0.120. The molecule has 0 aromatic carbocycles. The van der Waals surface area contributed by atoms with Gasteiger partial charge < -0.3 is 15.1 Å². The molecular weight excluding hydrogens is 258 g/mol. The van der Waals surface area contributed by atoms with Crippen molar-refractivity contribution in [2.24, 2.45) is 0 Å². The van der Waals surface area contributed by atoms with Crippen LogP contribution in [0.1, 0.15) is 64.2 Å². The van der Waals surface area contributed by atoms with Crippen molar-refractivity contribution in [2.45, 2.75) is 76.3 Å². The molecule has 0 spiro atoms. The van der Waals surface area contributed by atoms with Crippen LogP contribution >= 0.6 is 0 Å². The van der Waals surface area contributed by atoms with Crippen LogP contribution in [0.3, 0.4) is 0 Å². The van der Waals surface area contributed by atoms with E-state index in [1.54, 1.807) is 0 Å². The van der Waals surface area contributed by atoms with Gasteiger partial charge in [-0.15, -0.1) is 0 Å². The Balaban J connectivity index is 1.46. The molecule has 0 amide bonds. The highest BCUT2D eigenvalue weighted by molar-refractivity contribution is 4.75. The third-order valence-corrected chi connectivity index (χ3v) is 5.64. The fourth-order valence-electron chi connectivity index (χ4n) is 4.06. The lowest BCUT2D eigenvalue weighted by atomic mass is 9.94. The van der Waals surface area contributed by atoms with Gasteiger partial charge in [0.1, 0.15) is 0 Å². The first-order valence-electron chi connectivity index (χ1n) is 9.38. The van der Waals surface area contributed by atoms with E-state index in [1.165, 1.54) is 90.4 Å². The normalized spacial score (nSPS) is 25.6. The lowest BCUT2D eigenvalue weighted by Crippen LogP contribution is -2.38. The molecule has 1 saturated heterocycles. The standard InChI is InChI=1S/C18H37N3/c1-20-15-7-6-11-18(20)12-14-19-13-8-16-21(2)17-9-4-3-5-10-17/h17-19H,3-16H2,1-2H3. The first-order chi connectivity index (χ1) is 10.3. The molecule has 2 aliphatic rings. The number of nitrogens with one attached hydrogen (secondary N) is 1. The van der Waals surface area contributed by atoms with Crippen molar-refractivity contribution in [3.8, 4) is 0 Å². The van der Waals surface area contributed by atoms with Crippen LogP contribution in [0.4, 0.5) is 0 Å². The second kappa shape index (κ2) is 9.81. The molecule has 1 saturated carbocycles. The van der Waals surface area contributed by atoms with E-state index in [9.17, 15) is 0 Å². The molecule has 1 aliphatic heterocycles. The Morgan fingerprint density at radius 1 is 1.00 bits per heavy atom. The van der Waals surface area contributed by atoms with Crippen LogP contribution in [0.5, 0.6) is 0 Å². The molecule has 0 bridgehead atoms. The van der Waals surface area contributed by atoms with E-state index in [-0.39, 0.29) is 0 Å². The smallest absolute Gasteiger partial charge is 0.0104 e. The summed E-state index contributed by atoms with van der Waals surface area (Å²) in [6.07, 6.45) is 14.1. The molecule has 0 aromatic rings. The van der Waals surface area contributed by atoms with Crippen molar-refractivity contribution in [2.75, 3.05) is 40.3 Å². The molecule has 0 aromatic heterocycles. The first-order valence-corrected chi connectivity index (χ1v) is 9.38. The topological polar surface area (TPSA) is 18.5 Å². The van der Waals surface area contributed by atoms with Crippen LogP contribution in [-0.2, 0) is 0 Å². The quantitative estimate of drug-likeness (QED) is 0.694. The van der Waals surface area contributed by atoms with E-state index in [1.807, 2.05) is 0 Å². The van der Waals surface area contributed by atoms with Crippen molar-refractivity contribution in [3.63, 3.8) is 0 Å². The van der Waals surface area contributed by atoms with E-state index in [0.29, 0.717) is 0 Å². The van der Waals surface area contributed by atoms with Crippen LogP contribution in [0.2, 0.25) is 0 Å². The lowest BCUT2D eigenvalue weighted by Gasteiger charge is -2.32. The Kier molecular flexibility index (Phi) is 8.05. The summed E-state index contributed by atoms with van der Waals surface area (Å²) in [6, 6.07) is 1.70. The molecule has 1 unspecified atom stereocenters. The number of hydrogen-bond acceptors (Lipinski definition) is 3. The van der Waals surface area contributed by atoms with Gasteiger partial charge in [-0.3, -0.25) is 0 Å². The summed E-state index contributed by atoms with van der Waals surface area (Å²) < 4.78 is 0. The average molecular weight is 296 g/mol. The van der Waals surface area contributed by atoms with Crippen LogP contribution in [0, 0.1) is 0 Å². The van der Waals surface area contributed by atoms with Gasteiger partial charge in [-0.2, -0.15) is 0 Å². The zero-order chi connectivity index (χ0) is 14.9. The van der Waals surface area contributed by atoms with Gasteiger partial charge in [0.2, 0.25) is 0 Å². The van der Waals surface area contributed by atoms with E-state index < -0.39 is 0 Å². The highest BCUT2D eigenvalue weighted by Gasteiger charge is 2.18. The zero-order valence-electron chi connectivity index (χ0n) is 14.4. The number of nitrogens with zero attached hydrogens (tertiary/aromatic N) is 2. The highest BCUT2D eigenvalue weighted by atomic mass is 15.1. The minimum atomic E-state index is 0.830. The second-order valence-corrected chi connectivity index (χ2v) is 7.29. The van der Waals surface area contributed by atoms with E-state index in [0.717, 1.165) is 12.1 Å². The largest absolute Gasteiger partial charge is 0.317 e. The number of rotatable bonds is 8. The number of likely N-dealkylation sites (tertiary alicyclic amines) is 1. The zero-order valence-corrected chi connectivity index (χ0v) is 14.4. The summed E-state index contributed by atoms with van der Waals surface area (Å²) in [6.45, 7) is 4.95. The molecule has 21 heavy (non-hydrogen) atoms. The first kappa shape index (κ1) is 17.2. The molecular formula is C18H37N3. The van der Waals surface area contributed by atoms with Crippen LogP contribution in [0.15, 0.2) is 0 Å². The minimum absolute atomic E-state index is 0.830. The summed E-state index contributed by atoms with van der Waals surface area (Å²) in [5, 5.41) is 3.66. The van der Waals surface area contributed by atoms with Crippen molar-refractivity contribution < 1.29 is 0 Å². The van der Waals surface area contributed by atoms with E-state index in [4.69, 9.17) is 0 Å². The van der Waals surface area contributed by atoms with Gasteiger partial charge in [-0.05, 0) is 78.8 Å². The predicted octanol–water partition coefficient (Wildman–Crippen LogP) is 3.11. The van der Waals surface area contributed by atoms with Gasteiger partial charge in [-0.1, -0.05) is 25.7 Å². The van der Waals surface area contributed by atoms with Crippen LogP contribution in [-0.4, -0.2) is 62.2 Å². The fraction of sp³-hybridized carbons (Fsp3) is 1.00. The minimum Gasteiger partial charge on any atom is -0.317 e. The maximum absolute atomic E-state index is 3.66. The Morgan fingerprint density at radius 2 is 1.76 bits per heavy atom. The van der Waals surface area contributed by atoms with Crippen LogP contribution in [0.25, 0.3) is 0 Å². The molecule has 1 heterocycles. The van der Waals surface area contributed by atoms with E-state index in [2.05, 4.69) is 29.2 Å². The van der Waals surface area contributed by atoms with E-state index >= 15 is 0 Å². The molecule has 0 radical (unpaired) electrons. The van der Waals surface area contributed by atoms with Crippen molar-refractivity contribution in [1.82, 2.24) is 15.1 Å². The second-order valence-electron chi connectivity index (χ2n) is 7.29. The van der Waals surface area contributed by atoms with Crippen LogP contribution < -0.4 is 5.32 Å². The Bertz CT molecular complexity index is 263. The summed E-state index contributed by atoms with van der Waals surface area (Å²) in [4.78, 5) is 5.16. The molecule has 3 nitrogen and oxygen atoms in total. The Morgan fingerprint density at radius 3 is 2.52 bits per heavy atom. The molecule has 1 N–H and O–H groups in total. The monoisotopic (exact) mass is 295 g/mol. The third-order valence-electron chi connectivity index (χ3n) is 5.64. The molecule has 1 atom stereocenters. The lowest BCUT2D eigenvalue weighted by molar-refractivity contribution is 0.174. The van der Waals surface area contributed by atoms with Crippen molar-refractivity contribution in [1.29, 1.82) is 0 Å². The summed E-state index contributed by atoms with van der Waals surface area (Å²) in [7, 11) is 4.62. The molecule has 3 heteroatoms. The summed E-state index contributed by atoms with van der Waals surface area (Å²) in [5.74, 6) is 0. The maximum atomic E-state index is 3.66. The van der Waals surface area contributed by atoms with Crippen molar-refractivity contribution in [3.05, 3.63) is 0 Å². The highest BCUT2D eigenvalue weighted by Crippen LogP contribution is 2.21. The van der Waals surface area contributed by atoms with Gasteiger partial charge in [0.15, 0.2) is 0 Å². The molecule has 2 fully saturated rings. The molecule has 2 rings (SSSR count). The predicted molar refractivity (Wildman–Crippen MR) is 91.9 cm³/mol. The summed E-state index contributed by atoms with van der Waals surface area (Å²) in [5.41, 5.74) is 0. The van der Waals surface area contributed by atoms with Gasteiger partial charge in [0, 0.05) is 12.1 Å². The average Bonchev–Trinajstić information content (AvgIpc) is 2.53. The van der Waals surface area contributed by atoms with Gasteiger partial charge in [-0.25, -0.2) is 0 Å². The molecule has 1 aliphatic carbocycles. The van der Waals surface area contributed by atoms with Gasteiger partial charge >= 0.3 is 0 Å². The fourth-order valence-corrected chi connectivity index (χ4v) is 4.06. The number of hydrogen-bond donors (Lipinski definition) is 1. The maximum Gasteiger partial charge on any atom is 0.0104 e. The summed E-state index contributed by atoms with van der Waals surface area (Å²) >= 11 is 0.